The van der Waals surface area contributed by atoms with Gasteiger partial charge in [0, 0.05) is 37.7 Å². The van der Waals surface area contributed by atoms with Gasteiger partial charge in [-0.3, -0.25) is 14.2 Å². The maximum Gasteiger partial charge on any atom is 0.254 e. The minimum absolute atomic E-state index is 0.0266. The van der Waals surface area contributed by atoms with Gasteiger partial charge in [0.1, 0.15) is 0 Å². The predicted octanol–water partition coefficient (Wildman–Crippen LogP) is 1.17. The van der Waals surface area contributed by atoms with E-state index in [9.17, 15) is 9.59 Å². The molecule has 0 fully saturated rings. The number of nitrogens with zero attached hydrogens (tertiary/aromatic N) is 3. The van der Waals surface area contributed by atoms with Crippen molar-refractivity contribution in [2.75, 3.05) is 18.8 Å². The van der Waals surface area contributed by atoms with E-state index in [4.69, 9.17) is 0 Å². The number of hydrogen-bond donors (Lipinski definition) is 0. The Morgan fingerprint density at radius 1 is 1.50 bits per heavy atom. The Balaban J connectivity index is 2.17. The number of rotatable bonds is 5. The fourth-order valence-corrected chi connectivity index (χ4v) is 3.18. The van der Waals surface area contributed by atoms with E-state index in [0.29, 0.717) is 30.5 Å². The topological polar surface area (TPSA) is 55.2 Å². The summed E-state index contributed by atoms with van der Waals surface area (Å²) in [7, 11) is 0. The van der Waals surface area contributed by atoms with Gasteiger partial charge in [0.15, 0.2) is 5.16 Å². The lowest BCUT2D eigenvalue weighted by Gasteiger charge is -2.28. The molecule has 0 aliphatic carbocycles. The fourth-order valence-electron chi connectivity index (χ4n) is 2.12. The van der Waals surface area contributed by atoms with Gasteiger partial charge in [-0.1, -0.05) is 23.9 Å². The van der Waals surface area contributed by atoms with Crippen LogP contribution >= 0.6 is 11.8 Å². The molecule has 1 aromatic heterocycles. The summed E-state index contributed by atoms with van der Waals surface area (Å²) in [4.78, 5) is 30.1. The van der Waals surface area contributed by atoms with Gasteiger partial charge < -0.3 is 4.90 Å². The third kappa shape index (κ3) is 3.01. The summed E-state index contributed by atoms with van der Waals surface area (Å²) in [6.45, 7) is 8.68. The molecule has 106 valence electrons. The third-order valence-corrected chi connectivity index (χ3v) is 4.23. The summed E-state index contributed by atoms with van der Waals surface area (Å²) in [5.41, 5.74) is -0.112. The van der Waals surface area contributed by atoms with Crippen LogP contribution in [-0.4, -0.2) is 39.2 Å². The smallest absolute Gasteiger partial charge is 0.254 e. The van der Waals surface area contributed by atoms with Gasteiger partial charge in [0.05, 0.1) is 5.92 Å². The number of amides is 1. The van der Waals surface area contributed by atoms with Crippen LogP contribution in [0.4, 0.5) is 0 Å². The first-order chi connectivity index (χ1) is 9.67. The van der Waals surface area contributed by atoms with Crippen molar-refractivity contribution in [3.8, 4) is 0 Å². The van der Waals surface area contributed by atoms with Crippen LogP contribution in [0.1, 0.15) is 0 Å². The van der Waals surface area contributed by atoms with Crippen LogP contribution < -0.4 is 5.56 Å². The van der Waals surface area contributed by atoms with E-state index >= 15 is 0 Å². The molecular weight excluding hydrogens is 274 g/mol. The van der Waals surface area contributed by atoms with Gasteiger partial charge in [-0.2, -0.15) is 0 Å². The van der Waals surface area contributed by atoms with Gasteiger partial charge in [-0.15, -0.1) is 13.2 Å². The van der Waals surface area contributed by atoms with E-state index in [1.807, 2.05) is 0 Å². The number of aromatic nitrogens is 2. The largest absolute Gasteiger partial charge is 0.335 e. The van der Waals surface area contributed by atoms with Crippen LogP contribution in [-0.2, 0) is 11.3 Å². The Morgan fingerprint density at radius 3 is 2.85 bits per heavy atom. The molecule has 1 amide bonds. The van der Waals surface area contributed by atoms with Crippen LogP contribution in [0.3, 0.4) is 0 Å². The van der Waals surface area contributed by atoms with Crippen molar-refractivity contribution >= 4 is 17.7 Å². The zero-order valence-electron chi connectivity index (χ0n) is 11.2. The highest BCUT2D eigenvalue weighted by molar-refractivity contribution is 7.99. The Morgan fingerprint density at radius 2 is 2.20 bits per heavy atom. The molecule has 20 heavy (non-hydrogen) atoms. The third-order valence-electron chi connectivity index (χ3n) is 3.08. The molecule has 1 aliphatic heterocycles. The lowest BCUT2D eigenvalue weighted by Crippen LogP contribution is -2.42. The highest BCUT2D eigenvalue weighted by Crippen LogP contribution is 2.25. The average Bonchev–Trinajstić information content (AvgIpc) is 2.46. The first-order valence-electron chi connectivity index (χ1n) is 6.36. The van der Waals surface area contributed by atoms with E-state index in [1.54, 1.807) is 21.6 Å². The second-order valence-electron chi connectivity index (χ2n) is 4.50. The van der Waals surface area contributed by atoms with Crippen molar-refractivity contribution in [3.05, 3.63) is 47.9 Å². The van der Waals surface area contributed by atoms with Crippen LogP contribution in [0.2, 0.25) is 0 Å². The molecule has 0 saturated carbocycles. The molecule has 0 spiro atoms. The summed E-state index contributed by atoms with van der Waals surface area (Å²) in [5, 5.41) is 0.681. The molecule has 2 heterocycles. The lowest BCUT2D eigenvalue weighted by molar-refractivity contribution is -0.134. The molecule has 1 aromatic rings. The Hall–Kier alpha value is -1.82. The van der Waals surface area contributed by atoms with Crippen molar-refractivity contribution in [3.63, 3.8) is 0 Å². The quantitative estimate of drug-likeness (QED) is 0.603. The molecule has 0 saturated heterocycles. The highest BCUT2D eigenvalue weighted by Gasteiger charge is 2.29. The minimum Gasteiger partial charge on any atom is -0.335 e. The number of carbonyl (C=O) groups excluding carboxylic acids is 1. The van der Waals surface area contributed by atoms with Crippen molar-refractivity contribution < 1.29 is 4.79 Å². The molecule has 1 atom stereocenters. The second kappa shape index (κ2) is 6.56. The predicted molar refractivity (Wildman–Crippen MR) is 79.7 cm³/mol. The van der Waals surface area contributed by atoms with E-state index in [1.165, 1.54) is 24.0 Å². The van der Waals surface area contributed by atoms with Crippen molar-refractivity contribution in [2.45, 2.75) is 11.7 Å². The average molecular weight is 291 g/mol. The van der Waals surface area contributed by atoms with Crippen LogP contribution in [0.15, 0.2) is 47.5 Å². The van der Waals surface area contributed by atoms with Crippen LogP contribution in [0, 0.1) is 5.92 Å². The molecule has 0 N–H and O–H groups in total. The zero-order chi connectivity index (χ0) is 14.5. The standard InChI is InChI=1S/C14H17N3O2S/c1-3-7-16(8-4-2)13(19)11-9-17-12(18)5-6-15-14(17)20-10-11/h3-6,11H,1-2,7-10H2. The van der Waals surface area contributed by atoms with E-state index in [0.717, 1.165) is 0 Å². The molecule has 2 rings (SSSR count). The number of hydrogen-bond acceptors (Lipinski definition) is 4. The molecule has 1 unspecified atom stereocenters. The molecular formula is C14H17N3O2S. The van der Waals surface area contributed by atoms with Crippen molar-refractivity contribution in [2.24, 2.45) is 5.92 Å². The first kappa shape index (κ1) is 14.6. The SMILES string of the molecule is C=CCN(CC=C)C(=O)C1CSc2nccc(=O)n2C1. The Kier molecular flexibility index (Phi) is 4.79. The molecule has 0 aromatic carbocycles. The van der Waals surface area contributed by atoms with Crippen LogP contribution in [0.5, 0.6) is 0 Å². The molecule has 0 bridgehead atoms. The number of fused-ring (bicyclic) bond motifs is 1. The van der Waals surface area contributed by atoms with E-state index < -0.39 is 0 Å². The fraction of sp³-hybridized carbons (Fsp3) is 0.357. The summed E-state index contributed by atoms with van der Waals surface area (Å²) in [5.74, 6) is 0.452. The summed E-state index contributed by atoms with van der Waals surface area (Å²) >= 11 is 1.45. The Labute approximate surface area is 122 Å². The normalized spacial score (nSPS) is 17.1. The van der Waals surface area contributed by atoms with Gasteiger partial charge in [0.2, 0.25) is 5.91 Å². The minimum atomic E-state index is -0.214. The summed E-state index contributed by atoms with van der Waals surface area (Å²) in [6, 6.07) is 1.42. The molecule has 1 aliphatic rings. The van der Waals surface area contributed by atoms with Crippen molar-refractivity contribution in [1.82, 2.24) is 14.5 Å². The lowest BCUT2D eigenvalue weighted by atomic mass is 10.1. The first-order valence-corrected chi connectivity index (χ1v) is 7.35. The van der Waals surface area contributed by atoms with Gasteiger partial charge in [-0.05, 0) is 0 Å². The van der Waals surface area contributed by atoms with E-state index in [-0.39, 0.29) is 17.4 Å². The van der Waals surface area contributed by atoms with Gasteiger partial charge in [0.25, 0.3) is 5.56 Å². The number of thioether (sulfide) groups is 1. The van der Waals surface area contributed by atoms with Crippen molar-refractivity contribution in [1.29, 1.82) is 0 Å². The summed E-state index contributed by atoms with van der Waals surface area (Å²) in [6.07, 6.45) is 4.89. The monoisotopic (exact) mass is 291 g/mol. The Bertz CT molecular complexity index is 572. The highest BCUT2D eigenvalue weighted by atomic mass is 32.2. The van der Waals surface area contributed by atoms with Crippen LogP contribution in [0.25, 0.3) is 0 Å². The maximum absolute atomic E-state index is 12.5. The van der Waals surface area contributed by atoms with Gasteiger partial charge >= 0.3 is 0 Å². The van der Waals surface area contributed by atoms with Gasteiger partial charge in [-0.25, -0.2) is 4.98 Å². The molecule has 6 heteroatoms. The number of carbonyl (C=O) groups is 1. The summed E-state index contributed by atoms with van der Waals surface area (Å²) < 4.78 is 1.57. The van der Waals surface area contributed by atoms with E-state index in [2.05, 4.69) is 18.1 Å². The molecule has 5 nitrogen and oxygen atoms in total. The second-order valence-corrected chi connectivity index (χ2v) is 5.49. The maximum atomic E-state index is 12.5. The zero-order valence-corrected chi connectivity index (χ0v) is 12.0. The molecule has 0 radical (unpaired) electrons.